The summed E-state index contributed by atoms with van der Waals surface area (Å²) in [6.45, 7) is -0.189. The first-order valence-corrected chi connectivity index (χ1v) is 8.01. The van der Waals surface area contributed by atoms with Crippen molar-refractivity contribution in [3.8, 4) is 0 Å². The van der Waals surface area contributed by atoms with Crippen LogP contribution in [-0.4, -0.2) is 21.0 Å². The molecule has 126 valence electrons. The smallest absolute Gasteiger partial charge is 0.268 e. The molecule has 0 N–H and O–H groups in total. The van der Waals surface area contributed by atoms with Gasteiger partial charge in [-0.15, -0.1) is 0 Å². The summed E-state index contributed by atoms with van der Waals surface area (Å²) < 4.78 is 13.7. The highest BCUT2D eigenvalue weighted by Gasteiger charge is 2.35. The monoisotopic (exact) mass is 358 g/mol. The molecule has 1 saturated heterocycles. The van der Waals surface area contributed by atoms with Gasteiger partial charge in [-0.25, -0.2) is 4.39 Å². The van der Waals surface area contributed by atoms with Gasteiger partial charge in [0.05, 0.1) is 21.9 Å². The number of para-hydroxylation sites is 1. The van der Waals surface area contributed by atoms with Gasteiger partial charge < -0.3 is 0 Å². The van der Waals surface area contributed by atoms with E-state index in [1.807, 2.05) is 0 Å². The highest BCUT2D eigenvalue weighted by Crippen LogP contribution is 2.34. The Labute approximate surface area is 146 Å². The Hall–Kier alpha value is -3.00. The summed E-state index contributed by atoms with van der Waals surface area (Å²) in [5, 5.41) is 10.5. The number of amides is 2. The van der Waals surface area contributed by atoms with Gasteiger partial charge in [-0.05, 0) is 30.0 Å². The number of nitro groups is 1. The number of benzene rings is 2. The van der Waals surface area contributed by atoms with Crippen molar-refractivity contribution >= 4 is 34.7 Å². The molecule has 8 heteroatoms. The van der Waals surface area contributed by atoms with Crippen molar-refractivity contribution in [3.05, 3.63) is 80.5 Å². The maximum absolute atomic E-state index is 13.7. The van der Waals surface area contributed by atoms with Crippen LogP contribution in [0.2, 0.25) is 0 Å². The zero-order valence-electron chi connectivity index (χ0n) is 12.7. The van der Waals surface area contributed by atoms with Crippen LogP contribution in [0.4, 0.5) is 14.9 Å². The first kappa shape index (κ1) is 16.8. The fourth-order valence-corrected chi connectivity index (χ4v) is 3.18. The Morgan fingerprint density at radius 2 is 1.80 bits per heavy atom. The van der Waals surface area contributed by atoms with Gasteiger partial charge in [-0.1, -0.05) is 30.3 Å². The average Bonchev–Trinajstić information content (AvgIpc) is 2.84. The number of nitro benzene ring substituents is 1. The normalized spacial score (nSPS) is 15.9. The van der Waals surface area contributed by atoms with E-state index in [4.69, 9.17) is 0 Å². The number of carbonyl (C=O) groups is 2. The van der Waals surface area contributed by atoms with Crippen LogP contribution in [0.25, 0.3) is 6.08 Å². The van der Waals surface area contributed by atoms with Gasteiger partial charge in [0.2, 0.25) is 0 Å². The number of thioether (sulfide) groups is 1. The molecule has 2 amide bonds. The Morgan fingerprint density at radius 3 is 2.52 bits per heavy atom. The lowest BCUT2D eigenvalue weighted by Crippen LogP contribution is -2.27. The van der Waals surface area contributed by atoms with E-state index in [0.717, 1.165) is 4.90 Å². The molecule has 25 heavy (non-hydrogen) atoms. The van der Waals surface area contributed by atoms with Crippen molar-refractivity contribution in [2.75, 3.05) is 0 Å². The van der Waals surface area contributed by atoms with E-state index >= 15 is 0 Å². The summed E-state index contributed by atoms with van der Waals surface area (Å²) in [5.41, 5.74) is 0.282. The van der Waals surface area contributed by atoms with Gasteiger partial charge in [0.15, 0.2) is 0 Å². The molecule has 2 aromatic carbocycles. The number of halogens is 1. The lowest BCUT2D eigenvalue weighted by molar-refractivity contribution is -0.385. The standard InChI is InChI=1S/C17H11FN2O4S/c18-13-7-3-1-6-12(13)10-19-16(21)15(25-17(19)22)9-11-5-2-4-8-14(11)20(23)24/h1-9H,10H2/b15-9-. The van der Waals surface area contributed by atoms with Crippen LogP contribution in [0.15, 0.2) is 53.4 Å². The van der Waals surface area contributed by atoms with Gasteiger partial charge in [0.1, 0.15) is 5.82 Å². The van der Waals surface area contributed by atoms with E-state index in [1.165, 1.54) is 42.5 Å². The molecule has 0 unspecified atom stereocenters. The minimum absolute atomic E-state index is 0.0654. The third-order valence-electron chi connectivity index (χ3n) is 3.58. The fraction of sp³-hybridized carbons (Fsp3) is 0.0588. The largest absolute Gasteiger partial charge is 0.293 e. The zero-order valence-corrected chi connectivity index (χ0v) is 13.5. The Balaban J connectivity index is 1.89. The van der Waals surface area contributed by atoms with E-state index in [-0.39, 0.29) is 28.3 Å². The second-order valence-corrected chi connectivity index (χ2v) is 6.17. The van der Waals surface area contributed by atoms with E-state index in [0.29, 0.717) is 11.8 Å². The Bertz CT molecular complexity index is 913. The number of nitrogens with zero attached hydrogens (tertiary/aromatic N) is 2. The van der Waals surface area contributed by atoms with Crippen molar-refractivity contribution in [2.24, 2.45) is 0 Å². The number of rotatable bonds is 4. The third-order valence-corrected chi connectivity index (χ3v) is 4.49. The average molecular weight is 358 g/mol. The van der Waals surface area contributed by atoms with Crippen LogP contribution < -0.4 is 0 Å². The van der Waals surface area contributed by atoms with Crippen molar-refractivity contribution in [2.45, 2.75) is 6.54 Å². The molecule has 1 fully saturated rings. The van der Waals surface area contributed by atoms with Crippen molar-refractivity contribution in [1.29, 1.82) is 0 Å². The summed E-state index contributed by atoms with van der Waals surface area (Å²) in [7, 11) is 0. The van der Waals surface area contributed by atoms with E-state index in [2.05, 4.69) is 0 Å². The topological polar surface area (TPSA) is 80.5 Å². The Morgan fingerprint density at radius 1 is 1.12 bits per heavy atom. The summed E-state index contributed by atoms with van der Waals surface area (Å²) in [6.07, 6.45) is 1.31. The molecule has 0 saturated carbocycles. The molecule has 0 radical (unpaired) electrons. The summed E-state index contributed by atoms with van der Waals surface area (Å²) >= 11 is 0.676. The molecule has 0 bridgehead atoms. The molecule has 0 spiro atoms. The molecular formula is C17H11FN2O4S. The van der Waals surface area contributed by atoms with E-state index in [1.54, 1.807) is 12.1 Å². The molecule has 3 rings (SSSR count). The fourth-order valence-electron chi connectivity index (χ4n) is 2.35. The van der Waals surface area contributed by atoms with E-state index < -0.39 is 21.9 Å². The van der Waals surface area contributed by atoms with Crippen LogP contribution in [0, 0.1) is 15.9 Å². The number of hydrogen-bond acceptors (Lipinski definition) is 5. The van der Waals surface area contributed by atoms with Crippen LogP contribution in [0.5, 0.6) is 0 Å². The first-order chi connectivity index (χ1) is 12.0. The molecule has 6 nitrogen and oxygen atoms in total. The third kappa shape index (κ3) is 3.43. The molecule has 1 heterocycles. The zero-order chi connectivity index (χ0) is 18.0. The SMILES string of the molecule is O=C1S/C(=C\c2ccccc2[N+](=O)[O-])C(=O)N1Cc1ccccc1F. The van der Waals surface area contributed by atoms with E-state index in [9.17, 15) is 24.1 Å². The van der Waals surface area contributed by atoms with Gasteiger partial charge in [0.25, 0.3) is 16.8 Å². The maximum Gasteiger partial charge on any atom is 0.293 e. The highest BCUT2D eigenvalue weighted by atomic mass is 32.2. The molecule has 1 aliphatic rings. The van der Waals surface area contributed by atoms with Gasteiger partial charge in [-0.2, -0.15) is 0 Å². The maximum atomic E-state index is 13.7. The summed E-state index contributed by atoms with van der Waals surface area (Å²) in [4.78, 5) is 36.0. The molecule has 0 aliphatic carbocycles. The predicted octanol–water partition coefficient (Wildman–Crippen LogP) is 3.97. The van der Waals surface area contributed by atoms with Gasteiger partial charge in [-0.3, -0.25) is 24.6 Å². The highest BCUT2D eigenvalue weighted by molar-refractivity contribution is 8.18. The molecular weight excluding hydrogens is 347 g/mol. The number of hydrogen-bond donors (Lipinski definition) is 0. The van der Waals surface area contributed by atoms with Crippen LogP contribution >= 0.6 is 11.8 Å². The minimum atomic E-state index is -0.601. The Kier molecular flexibility index (Phi) is 4.62. The lowest BCUT2D eigenvalue weighted by Gasteiger charge is -2.12. The van der Waals surface area contributed by atoms with Crippen LogP contribution in [0.3, 0.4) is 0 Å². The first-order valence-electron chi connectivity index (χ1n) is 7.19. The molecule has 0 aromatic heterocycles. The van der Waals surface area contributed by atoms with Gasteiger partial charge >= 0.3 is 0 Å². The molecule has 2 aromatic rings. The number of imide groups is 1. The van der Waals surface area contributed by atoms with Crippen LogP contribution in [-0.2, 0) is 11.3 Å². The second-order valence-electron chi connectivity index (χ2n) is 5.18. The summed E-state index contributed by atoms with van der Waals surface area (Å²) in [5.74, 6) is -1.11. The van der Waals surface area contributed by atoms with Crippen molar-refractivity contribution in [3.63, 3.8) is 0 Å². The number of carbonyl (C=O) groups excluding carboxylic acids is 2. The van der Waals surface area contributed by atoms with Gasteiger partial charge in [0, 0.05) is 11.6 Å². The molecule has 1 aliphatic heterocycles. The quantitative estimate of drug-likeness (QED) is 0.469. The predicted molar refractivity (Wildman–Crippen MR) is 91.0 cm³/mol. The second kappa shape index (κ2) is 6.86. The summed E-state index contributed by atoms with van der Waals surface area (Å²) in [6, 6.07) is 11.8. The van der Waals surface area contributed by atoms with Crippen LogP contribution in [0.1, 0.15) is 11.1 Å². The molecule has 0 atom stereocenters. The lowest BCUT2D eigenvalue weighted by atomic mass is 10.1. The van der Waals surface area contributed by atoms with Crippen molar-refractivity contribution in [1.82, 2.24) is 4.90 Å². The minimum Gasteiger partial charge on any atom is -0.268 e. The van der Waals surface area contributed by atoms with Crippen molar-refractivity contribution < 1.29 is 18.9 Å².